The average Bonchev–Trinajstić information content (AvgIpc) is 2.64. The van der Waals surface area contributed by atoms with Crippen molar-refractivity contribution in [3.05, 3.63) is 29.8 Å². The Balaban J connectivity index is 2.00. The molecule has 0 bridgehead atoms. The Labute approximate surface area is 117 Å². The molecule has 4 nitrogen and oxygen atoms in total. The van der Waals surface area contributed by atoms with Crippen molar-refractivity contribution in [1.82, 2.24) is 14.8 Å². The molecule has 0 spiro atoms. The Morgan fingerprint density at radius 1 is 1.32 bits per heavy atom. The van der Waals surface area contributed by atoms with Crippen molar-refractivity contribution in [2.75, 3.05) is 38.6 Å². The summed E-state index contributed by atoms with van der Waals surface area (Å²) >= 11 is 5.73. The van der Waals surface area contributed by atoms with Crippen LogP contribution in [-0.2, 0) is 0 Å². The molecule has 0 aromatic carbocycles. The molecule has 0 N–H and O–H groups in total. The summed E-state index contributed by atoms with van der Waals surface area (Å²) in [5.74, 6) is -0.0361. The third kappa shape index (κ3) is 3.88. The minimum absolute atomic E-state index is 0.153. The Morgan fingerprint density at radius 2 is 2.16 bits per heavy atom. The van der Waals surface area contributed by atoms with E-state index >= 15 is 0 Å². The number of alkyl halides is 1. The number of amides is 1. The molecule has 1 aliphatic rings. The van der Waals surface area contributed by atoms with Gasteiger partial charge >= 0.3 is 0 Å². The van der Waals surface area contributed by atoms with E-state index in [1.807, 2.05) is 0 Å². The molecule has 0 radical (unpaired) electrons. The minimum atomic E-state index is -0.482. The van der Waals surface area contributed by atoms with Crippen LogP contribution >= 0.6 is 11.6 Å². The van der Waals surface area contributed by atoms with Gasteiger partial charge in [-0.15, -0.1) is 11.6 Å². The van der Waals surface area contributed by atoms with Gasteiger partial charge in [-0.25, -0.2) is 4.39 Å². The van der Waals surface area contributed by atoms with Gasteiger partial charge in [0, 0.05) is 38.3 Å². The van der Waals surface area contributed by atoms with Crippen molar-refractivity contribution in [3.63, 3.8) is 0 Å². The monoisotopic (exact) mass is 285 g/mol. The van der Waals surface area contributed by atoms with Crippen molar-refractivity contribution in [2.45, 2.75) is 6.42 Å². The lowest BCUT2D eigenvalue weighted by Gasteiger charge is -2.21. The van der Waals surface area contributed by atoms with Gasteiger partial charge in [0.05, 0.1) is 11.8 Å². The summed E-state index contributed by atoms with van der Waals surface area (Å²) in [7, 11) is 0. The molecule has 104 valence electrons. The molecule has 1 amide bonds. The zero-order chi connectivity index (χ0) is 13.7. The summed E-state index contributed by atoms with van der Waals surface area (Å²) < 4.78 is 13.1. The van der Waals surface area contributed by atoms with Crippen LogP contribution < -0.4 is 0 Å². The molecule has 1 aliphatic heterocycles. The van der Waals surface area contributed by atoms with Crippen molar-refractivity contribution >= 4 is 17.5 Å². The fraction of sp³-hybridized carbons (Fsp3) is 0.538. The van der Waals surface area contributed by atoms with E-state index in [9.17, 15) is 9.18 Å². The van der Waals surface area contributed by atoms with Crippen LogP contribution in [0.4, 0.5) is 4.39 Å². The molecule has 0 atom stereocenters. The van der Waals surface area contributed by atoms with Crippen LogP contribution in [-0.4, -0.2) is 59.3 Å². The molecule has 0 unspecified atom stereocenters. The Morgan fingerprint density at radius 3 is 2.89 bits per heavy atom. The van der Waals surface area contributed by atoms with E-state index < -0.39 is 5.82 Å². The maximum atomic E-state index is 13.1. The van der Waals surface area contributed by atoms with Crippen LogP contribution in [0.15, 0.2) is 18.5 Å². The predicted octanol–water partition coefficient (Wildman–Crippen LogP) is 1.61. The Kier molecular flexibility index (Phi) is 5.10. The first-order valence-corrected chi connectivity index (χ1v) is 6.92. The van der Waals surface area contributed by atoms with Gasteiger partial charge in [-0.3, -0.25) is 9.78 Å². The quantitative estimate of drug-likeness (QED) is 0.792. The highest BCUT2D eigenvalue weighted by molar-refractivity contribution is 6.18. The molecule has 6 heteroatoms. The predicted molar refractivity (Wildman–Crippen MR) is 71.9 cm³/mol. The number of carbonyl (C=O) groups is 1. The minimum Gasteiger partial charge on any atom is -0.337 e. The van der Waals surface area contributed by atoms with Gasteiger partial charge in [0.1, 0.15) is 5.82 Å². The van der Waals surface area contributed by atoms with Crippen LogP contribution in [0, 0.1) is 5.82 Å². The molecule has 0 saturated carbocycles. The van der Waals surface area contributed by atoms with Gasteiger partial charge in [-0.2, -0.15) is 0 Å². The standard InChI is InChI=1S/C13H17ClFN3O/c14-2-5-17-3-1-4-18(7-6-17)13(19)11-8-12(15)10-16-9-11/h8-10H,1-7H2. The van der Waals surface area contributed by atoms with Crippen LogP contribution in [0.25, 0.3) is 0 Å². The average molecular weight is 286 g/mol. The summed E-state index contributed by atoms with van der Waals surface area (Å²) in [5, 5.41) is 0. The fourth-order valence-electron chi connectivity index (χ4n) is 2.23. The molecule has 19 heavy (non-hydrogen) atoms. The van der Waals surface area contributed by atoms with Gasteiger partial charge in [-0.1, -0.05) is 0 Å². The number of halogens is 2. The van der Waals surface area contributed by atoms with Crippen LogP contribution in [0.2, 0.25) is 0 Å². The molecule has 2 heterocycles. The lowest BCUT2D eigenvalue weighted by Crippen LogP contribution is -2.35. The first-order chi connectivity index (χ1) is 9.20. The maximum Gasteiger partial charge on any atom is 0.255 e. The van der Waals surface area contributed by atoms with Gasteiger partial charge in [-0.05, 0) is 19.0 Å². The van der Waals surface area contributed by atoms with Gasteiger partial charge in [0.15, 0.2) is 0 Å². The number of rotatable bonds is 3. The largest absolute Gasteiger partial charge is 0.337 e. The molecule has 1 saturated heterocycles. The molecule has 1 aromatic rings. The third-order valence-electron chi connectivity index (χ3n) is 3.23. The van der Waals surface area contributed by atoms with Gasteiger partial charge < -0.3 is 9.80 Å². The number of aromatic nitrogens is 1. The summed E-state index contributed by atoms with van der Waals surface area (Å²) in [6.45, 7) is 3.92. The van der Waals surface area contributed by atoms with E-state index in [4.69, 9.17) is 11.6 Å². The highest BCUT2D eigenvalue weighted by Crippen LogP contribution is 2.09. The number of hydrogen-bond acceptors (Lipinski definition) is 3. The number of carbonyl (C=O) groups excluding carboxylic acids is 1. The summed E-state index contributed by atoms with van der Waals surface area (Å²) in [5.41, 5.74) is 0.311. The third-order valence-corrected chi connectivity index (χ3v) is 3.40. The van der Waals surface area contributed by atoms with E-state index in [1.54, 1.807) is 4.90 Å². The summed E-state index contributed by atoms with van der Waals surface area (Å²) in [6, 6.07) is 1.23. The normalized spacial score (nSPS) is 17.3. The van der Waals surface area contributed by atoms with E-state index in [2.05, 4.69) is 9.88 Å². The van der Waals surface area contributed by atoms with Crippen molar-refractivity contribution < 1.29 is 9.18 Å². The molecule has 0 aliphatic carbocycles. The number of pyridine rings is 1. The Hall–Kier alpha value is -1.20. The second-order valence-electron chi connectivity index (χ2n) is 4.57. The fourth-order valence-corrected chi connectivity index (χ4v) is 2.47. The summed E-state index contributed by atoms with van der Waals surface area (Å²) in [6.07, 6.45) is 3.42. The lowest BCUT2D eigenvalue weighted by atomic mass is 10.2. The first kappa shape index (κ1) is 14.2. The van der Waals surface area contributed by atoms with E-state index in [0.29, 0.717) is 24.5 Å². The molecule has 1 fully saturated rings. The maximum absolute atomic E-state index is 13.1. The SMILES string of the molecule is O=C(c1cncc(F)c1)N1CCCN(CCCl)CC1. The van der Waals surface area contributed by atoms with Crippen LogP contribution in [0.3, 0.4) is 0 Å². The van der Waals surface area contributed by atoms with Crippen LogP contribution in [0.5, 0.6) is 0 Å². The van der Waals surface area contributed by atoms with E-state index in [-0.39, 0.29) is 5.91 Å². The molecule has 2 rings (SSSR count). The number of nitrogens with zero attached hydrogens (tertiary/aromatic N) is 3. The highest BCUT2D eigenvalue weighted by atomic mass is 35.5. The zero-order valence-electron chi connectivity index (χ0n) is 10.7. The van der Waals surface area contributed by atoms with Gasteiger partial charge in [0.2, 0.25) is 0 Å². The van der Waals surface area contributed by atoms with Crippen LogP contribution in [0.1, 0.15) is 16.8 Å². The molecular formula is C13H17ClFN3O. The zero-order valence-corrected chi connectivity index (χ0v) is 11.4. The topological polar surface area (TPSA) is 36.4 Å². The van der Waals surface area contributed by atoms with Crippen molar-refractivity contribution in [1.29, 1.82) is 0 Å². The lowest BCUT2D eigenvalue weighted by molar-refractivity contribution is 0.0761. The second kappa shape index (κ2) is 6.82. The second-order valence-corrected chi connectivity index (χ2v) is 4.95. The first-order valence-electron chi connectivity index (χ1n) is 6.39. The summed E-state index contributed by atoms with van der Waals surface area (Å²) in [4.78, 5) is 20.0. The Bertz CT molecular complexity index is 444. The van der Waals surface area contributed by atoms with Gasteiger partial charge in [0.25, 0.3) is 5.91 Å². The van der Waals surface area contributed by atoms with Crippen molar-refractivity contribution in [2.24, 2.45) is 0 Å². The molecular weight excluding hydrogens is 269 g/mol. The van der Waals surface area contributed by atoms with E-state index in [0.717, 1.165) is 32.3 Å². The smallest absolute Gasteiger partial charge is 0.255 e. The molecule has 1 aromatic heterocycles. The number of hydrogen-bond donors (Lipinski definition) is 0. The highest BCUT2D eigenvalue weighted by Gasteiger charge is 2.20. The van der Waals surface area contributed by atoms with E-state index in [1.165, 1.54) is 12.3 Å². The van der Waals surface area contributed by atoms with Crippen molar-refractivity contribution in [3.8, 4) is 0 Å².